The van der Waals surface area contributed by atoms with Gasteiger partial charge in [0, 0.05) is 18.0 Å². The summed E-state index contributed by atoms with van der Waals surface area (Å²) in [6, 6.07) is -1.31. The number of halogens is 3. The Labute approximate surface area is 128 Å². The van der Waals surface area contributed by atoms with Gasteiger partial charge in [-0.25, -0.2) is 0 Å². The molecule has 0 aromatic carbocycles. The summed E-state index contributed by atoms with van der Waals surface area (Å²) < 4.78 is 38.8. The number of alkyl halides is 3. The minimum Gasteiger partial charge on any atom is -0.369 e. The van der Waals surface area contributed by atoms with E-state index in [4.69, 9.17) is 5.73 Å². The fourth-order valence-corrected chi connectivity index (χ4v) is 4.66. The van der Waals surface area contributed by atoms with Gasteiger partial charge in [0.05, 0.1) is 0 Å². The molecule has 3 rings (SSSR count). The van der Waals surface area contributed by atoms with Crippen LogP contribution >= 0.6 is 0 Å². The number of piperidine rings is 2. The maximum absolute atomic E-state index is 12.9. The van der Waals surface area contributed by atoms with Crippen LogP contribution in [0.15, 0.2) is 0 Å². The molecule has 2 aliphatic heterocycles. The Morgan fingerprint density at radius 1 is 1.27 bits per heavy atom. The standard InChI is InChI=1S/C15H24F3N3O/c1-21-8-10(2-3-12(21)15(16,17)18)11-7-14(11)6-9(13(19)22)4-5-20-14/h9-12,20H,2-8H2,1H3,(H2,19,22)/t9?,10-,11?,12-,14?/m0/s1. The van der Waals surface area contributed by atoms with E-state index in [9.17, 15) is 18.0 Å². The molecular weight excluding hydrogens is 295 g/mol. The number of likely N-dealkylation sites (tertiary alicyclic amines) is 1. The van der Waals surface area contributed by atoms with E-state index < -0.39 is 12.2 Å². The van der Waals surface area contributed by atoms with Gasteiger partial charge in [-0.3, -0.25) is 9.69 Å². The van der Waals surface area contributed by atoms with E-state index >= 15 is 0 Å². The van der Waals surface area contributed by atoms with Crippen LogP contribution in [0.25, 0.3) is 0 Å². The second-order valence-corrected chi connectivity index (χ2v) is 7.32. The van der Waals surface area contributed by atoms with Crippen molar-refractivity contribution in [3.05, 3.63) is 0 Å². The van der Waals surface area contributed by atoms with Crippen LogP contribution in [0.2, 0.25) is 0 Å². The van der Waals surface area contributed by atoms with Crippen molar-refractivity contribution in [1.29, 1.82) is 0 Å². The maximum Gasteiger partial charge on any atom is 0.404 e. The summed E-state index contributed by atoms with van der Waals surface area (Å²) in [4.78, 5) is 12.9. The highest BCUT2D eigenvalue weighted by atomic mass is 19.4. The van der Waals surface area contributed by atoms with Crippen molar-refractivity contribution in [1.82, 2.24) is 10.2 Å². The second-order valence-electron chi connectivity index (χ2n) is 7.32. The second kappa shape index (κ2) is 5.37. The number of hydrogen-bond acceptors (Lipinski definition) is 3. The third-order valence-electron chi connectivity index (χ3n) is 5.93. The van der Waals surface area contributed by atoms with Crippen molar-refractivity contribution in [3.63, 3.8) is 0 Å². The largest absolute Gasteiger partial charge is 0.404 e. The zero-order valence-electron chi connectivity index (χ0n) is 12.8. The number of nitrogens with one attached hydrogen (secondary N) is 1. The molecule has 22 heavy (non-hydrogen) atoms. The number of nitrogens with two attached hydrogens (primary N) is 1. The Morgan fingerprint density at radius 2 is 2.00 bits per heavy atom. The molecule has 0 bridgehead atoms. The molecule has 0 radical (unpaired) electrons. The normalized spacial score (nSPS) is 43.3. The van der Waals surface area contributed by atoms with Crippen LogP contribution in [0, 0.1) is 17.8 Å². The zero-order valence-corrected chi connectivity index (χ0v) is 12.8. The molecule has 3 unspecified atom stereocenters. The Bertz CT molecular complexity index is 456. The first-order valence-electron chi connectivity index (χ1n) is 8.04. The first-order chi connectivity index (χ1) is 10.2. The highest BCUT2D eigenvalue weighted by Crippen LogP contribution is 2.56. The van der Waals surface area contributed by atoms with Gasteiger partial charge < -0.3 is 11.1 Å². The van der Waals surface area contributed by atoms with Gasteiger partial charge >= 0.3 is 6.18 Å². The Kier molecular flexibility index (Phi) is 3.92. The fraction of sp³-hybridized carbons (Fsp3) is 0.933. The van der Waals surface area contributed by atoms with Crippen LogP contribution in [0.4, 0.5) is 13.2 Å². The van der Waals surface area contributed by atoms with Crippen LogP contribution in [0.5, 0.6) is 0 Å². The van der Waals surface area contributed by atoms with E-state index in [0.717, 1.165) is 25.8 Å². The Hall–Kier alpha value is -0.820. The zero-order chi connectivity index (χ0) is 16.1. The van der Waals surface area contributed by atoms with E-state index in [2.05, 4.69) is 5.32 Å². The van der Waals surface area contributed by atoms with E-state index in [1.165, 1.54) is 4.90 Å². The topological polar surface area (TPSA) is 58.4 Å². The lowest BCUT2D eigenvalue weighted by atomic mass is 9.83. The molecular formula is C15H24F3N3O. The molecule has 2 heterocycles. The molecule has 126 valence electrons. The number of nitrogens with zero attached hydrogens (tertiary/aromatic N) is 1. The number of rotatable bonds is 2. The predicted molar refractivity (Wildman–Crippen MR) is 76.0 cm³/mol. The highest BCUT2D eigenvalue weighted by Gasteiger charge is 2.60. The number of carbonyl (C=O) groups excluding carboxylic acids is 1. The number of hydrogen-bond donors (Lipinski definition) is 2. The van der Waals surface area contributed by atoms with Crippen LogP contribution in [-0.2, 0) is 4.79 Å². The molecule has 0 aromatic heterocycles. The van der Waals surface area contributed by atoms with E-state index in [-0.39, 0.29) is 29.7 Å². The van der Waals surface area contributed by atoms with E-state index in [1.54, 1.807) is 7.05 Å². The lowest BCUT2D eigenvalue weighted by Gasteiger charge is -2.40. The molecule has 1 amide bonds. The smallest absolute Gasteiger partial charge is 0.369 e. The van der Waals surface area contributed by atoms with Crippen molar-refractivity contribution in [2.45, 2.75) is 49.9 Å². The average molecular weight is 319 g/mol. The van der Waals surface area contributed by atoms with E-state index in [1.807, 2.05) is 0 Å². The quantitative estimate of drug-likeness (QED) is 0.811. The molecule has 0 aromatic rings. The number of primary amides is 1. The molecule has 3 fully saturated rings. The van der Waals surface area contributed by atoms with Crippen LogP contribution in [0.1, 0.15) is 32.1 Å². The maximum atomic E-state index is 12.9. The van der Waals surface area contributed by atoms with Crippen LogP contribution in [-0.4, -0.2) is 48.7 Å². The van der Waals surface area contributed by atoms with Crippen molar-refractivity contribution >= 4 is 5.91 Å². The van der Waals surface area contributed by atoms with Gasteiger partial charge in [-0.05, 0) is 57.5 Å². The summed E-state index contributed by atoms with van der Waals surface area (Å²) in [6.45, 7) is 1.26. The van der Waals surface area contributed by atoms with Gasteiger partial charge in [-0.2, -0.15) is 13.2 Å². The van der Waals surface area contributed by atoms with Gasteiger partial charge in [0.25, 0.3) is 0 Å². The first kappa shape index (κ1) is 16.1. The minimum absolute atomic E-state index is 0.0471. The monoisotopic (exact) mass is 319 g/mol. The molecule has 1 saturated carbocycles. The van der Waals surface area contributed by atoms with E-state index in [0.29, 0.717) is 18.9 Å². The van der Waals surface area contributed by atoms with Gasteiger partial charge in [0.15, 0.2) is 0 Å². The summed E-state index contributed by atoms with van der Waals surface area (Å²) >= 11 is 0. The molecule has 5 atom stereocenters. The number of carbonyl (C=O) groups is 1. The molecule has 3 N–H and O–H groups in total. The lowest BCUT2D eigenvalue weighted by molar-refractivity contribution is -0.191. The van der Waals surface area contributed by atoms with Crippen molar-refractivity contribution < 1.29 is 18.0 Å². The van der Waals surface area contributed by atoms with Gasteiger partial charge in [0.1, 0.15) is 6.04 Å². The summed E-state index contributed by atoms with van der Waals surface area (Å²) in [5, 5.41) is 3.51. The van der Waals surface area contributed by atoms with Crippen molar-refractivity contribution in [3.8, 4) is 0 Å². The van der Waals surface area contributed by atoms with Crippen LogP contribution in [0.3, 0.4) is 0 Å². The fourth-order valence-electron chi connectivity index (χ4n) is 4.66. The van der Waals surface area contributed by atoms with Gasteiger partial charge in [-0.1, -0.05) is 0 Å². The Balaban J connectivity index is 1.60. The molecule has 1 aliphatic carbocycles. The SMILES string of the molecule is CN1C[C@@H](C2CC23CC(C(N)=O)CCN3)CC[C@H]1C(F)(F)F. The van der Waals surface area contributed by atoms with Gasteiger partial charge in [0.2, 0.25) is 5.91 Å². The first-order valence-corrected chi connectivity index (χ1v) is 8.04. The molecule has 3 aliphatic rings. The average Bonchev–Trinajstić information content (AvgIpc) is 3.10. The molecule has 1 spiro atoms. The van der Waals surface area contributed by atoms with Crippen LogP contribution < -0.4 is 11.1 Å². The summed E-state index contributed by atoms with van der Waals surface area (Å²) in [5.41, 5.74) is 5.38. The van der Waals surface area contributed by atoms with Crippen molar-refractivity contribution in [2.24, 2.45) is 23.5 Å². The minimum atomic E-state index is -4.14. The third-order valence-corrected chi connectivity index (χ3v) is 5.93. The Morgan fingerprint density at radius 3 is 2.59 bits per heavy atom. The number of amides is 1. The molecule has 4 nitrogen and oxygen atoms in total. The summed E-state index contributed by atoms with van der Waals surface area (Å²) in [5.74, 6) is 0.328. The summed E-state index contributed by atoms with van der Waals surface area (Å²) in [6.07, 6.45) is -0.867. The van der Waals surface area contributed by atoms with Gasteiger partial charge in [-0.15, -0.1) is 0 Å². The third kappa shape index (κ3) is 2.85. The van der Waals surface area contributed by atoms with Crippen molar-refractivity contribution in [2.75, 3.05) is 20.1 Å². The highest BCUT2D eigenvalue weighted by molar-refractivity contribution is 5.77. The molecule has 2 saturated heterocycles. The predicted octanol–water partition coefficient (Wildman–Crippen LogP) is 1.50. The molecule has 7 heteroatoms. The lowest BCUT2D eigenvalue weighted by Crippen LogP contribution is -2.51. The summed E-state index contributed by atoms with van der Waals surface area (Å²) in [7, 11) is 1.57.